The maximum absolute atomic E-state index is 11.8. The summed E-state index contributed by atoms with van der Waals surface area (Å²) in [6.07, 6.45) is 0.750. The van der Waals surface area contributed by atoms with Gasteiger partial charge in [0.2, 0.25) is 0 Å². The van der Waals surface area contributed by atoms with Crippen LogP contribution in [0.15, 0.2) is 42.5 Å². The Balaban J connectivity index is 1.83. The summed E-state index contributed by atoms with van der Waals surface area (Å²) >= 11 is 0. The van der Waals surface area contributed by atoms with E-state index in [4.69, 9.17) is 14.2 Å². The van der Waals surface area contributed by atoms with Crippen LogP contribution in [0.2, 0.25) is 0 Å². The molecule has 1 amide bonds. The number of hydrogen-bond donors (Lipinski definition) is 1. The van der Waals surface area contributed by atoms with Crippen molar-refractivity contribution < 1.29 is 23.8 Å². The molecule has 2 aromatic carbocycles. The minimum Gasteiger partial charge on any atom is -0.493 e. The monoisotopic (exact) mass is 329 g/mol. The molecule has 6 nitrogen and oxygen atoms in total. The molecule has 0 unspecified atom stereocenters. The third kappa shape index (κ3) is 4.74. The number of amides is 1. The maximum atomic E-state index is 11.8. The molecule has 6 heteroatoms. The summed E-state index contributed by atoms with van der Waals surface area (Å²) < 4.78 is 15.8. The van der Waals surface area contributed by atoms with Gasteiger partial charge in [0.1, 0.15) is 12.0 Å². The molecule has 0 aliphatic rings. The largest absolute Gasteiger partial charge is 0.493 e. The number of carbonyl (C=O) groups excluding carboxylic acids is 2. The Morgan fingerprint density at radius 1 is 1.04 bits per heavy atom. The van der Waals surface area contributed by atoms with Gasteiger partial charge in [-0.3, -0.25) is 9.59 Å². The van der Waals surface area contributed by atoms with Crippen LogP contribution in [0.1, 0.15) is 15.9 Å². The molecular formula is C18H19NO5. The third-order valence-corrected chi connectivity index (χ3v) is 3.32. The van der Waals surface area contributed by atoms with E-state index in [-0.39, 0.29) is 12.5 Å². The average Bonchev–Trinajstić information content (AvgIpc) is 2.64. The number of hydrogen-bond acceptors (Lipinski definition) is 5. The fraction of sp³-hybridized carbons (Fsp3) is 0.222. The van der Waals surface area contributed by atoms with Gasteiger partial charge in [-0.05, 0) is 42.0 Å². The van der Waals surface area contributed by atoms with Gasteiger partial charge in [-0.15, -0.1) is 0 Å². The molecule has 126 valence electrons. The number of aldehydes is 1. The Morgan fingerprint density at radius 2 is 1.75 bits per heavy atom. The van der Waals surface area contributed by atoms with Gasteiger partial charge in [0.05, 0.1) is 14.2 Å². The third-order valence-electron chi connectivity index (χ3n) is 3.32. The first-order valence-electron chi connectivity index (χ1n) is 7.32. The number of rotatable bonds is 8. The smallest absolute Gasteiger partial charge is 0.258 e. The van der Waals surface area contributed by atoms with Gasteiger partial charge in [0, 0.05) is 12.1 Å². The van der Waals surface area contributed by atoms with Crippen LogP contribution in [0.4, 0.5) is 0 Å². The van der Waals surface area contributed by atoms with Crippen molar-refractivity contribution in [1.29, 1.82) is 0 Å². The summed E-state index contributed by atoms with van der Waals surface area (Å²) in [4.78, 5) is 22.4. The van der Waals surface area contributed by atoms with Crippen molar-refractivity contribution in [2.24, 2.45) is 0 Å². The minimum absolute atomic E-state index is 0.103. The van der Waals surface area contributed by atoms with Crippen molar-refractivity contribution in [3.8, 4) is 17.2 Å². The molecule has 0 aliphatic heterocycles. The molecule has 0 spiro atoms. The summed E-state index contributed by atoms with van der Waals surface area (Å²) in [6, 6.07) is 12.0. The van der Waals surface area contributed by atoms with Crippen molar-refractivity contribution >= 4 is 12.2 Å². The summed E-state index contributed by atoms with van der Waals surface area (Å²) in [5.74, 6) is 1.52. The zero-order valence-electron chi connectivity index (χ0n) is 13.6. The van der Waals surface area contributed by atoms with E-state index in [1.165, 1.54) is 0 Å². The topological polar surface area (TPSA) is 73.9 Å². The van der Waals surface area contributed by atoms with Crippen molar-refractivity contribution in [2.75, 3.05) is 20.8 Å². The average molecular weight is 329 g/mol. The minimum atomic E-state index is -0.246. The molecule has 2 aromatic rings. The standard InChI is InChI=1S/C18H19NO5/c1-22-16-8-5-14(9-17(16)23-2)10-19-18(21)12-24-15-6-3-13(11-20)4-7-15/h3-9,11H,10,12H2,1-2H3,(H,19,21). The highest BCUT2D eigenvalue weighted by Gasteiger charge is 2.07. The first-order valence-corrected chi connectivity index (χ1v) is 7.32. The number of benzene rings is 2. The molecule has 0 aliphatic carbocycles. The Bertz CT molecular complexity index is 697. The SMILES string of the molecule is COc1ccc(CNC(=O)COc2ccc(C=O)cc2)cc1OC. The lowest BCUT2D eigenvalue weighted by molar-refractivity contribution is -0.123. The van der Waals surface area contributed by atoms with Crippen molar-refractivity contribution in [3.63, 3.8) is 0 Å². The summed E-state index contributed by atoms with van der Waals surface area (Å²) in [5.41, 5.74) is 1.44. The number of ether oxygens (including phenoxy) is 3. The molecule has 0 saturated heterocycles. The highest BCUT2D eigenvalue weighted by atomic mass is 16.5. The van der Waals surface area contributed by atoms with E-state index in [2.05, 4.69) is 5.32 Å². The first-order chi connectivity index (χ1) is 11.7. The molecule has 0 bridgehead atoms. The lowest BCUT2D eigenvalue weighted by atomic mass is 10.2. The van der Waals surface area contributed by atoms with Crippen LogP contribution in [-0.2, 0) is 11.3 Å². The van der Waals surface area contributed by atoms with E-state index >= 15 is 0 Å². The summed E-state index contributed by atoms with van der Waals surface area (Å²) in [7, 11) is 3.13. The molecule has 0 fully saturated rings. The highest BCUT2D eigenvalue weighted by Crippen LogP contribution is 2.27. The summed E-state index contributed by atoms with van der Waals surface area (Å²) in [6.45, 7) is 0.250. The molecule has 2 rings (SSSR count). The first kappa shape index (κ1) is 17.3. The molecule has 0 radical (unpaired) electrons. The zero-order chi connectivity index (χ0) is 17.4. The van der Waals surface area contributed by atoms with Crippen LogP contribution < -0.4 is 19.5 Å². The van der Waals surface area contributed by atoms with Gasteiger partial charge in [0.15, 0.2) is 18.1 Å². The molecule has 0 heterocycles. The van der Waals surface area contributed by atoms with Crippen LogP contribution >= 0.6 is 0 Å². The lowest BCUT2D eigenvalue weighted by Gasteiger charge is -2.11. The van der Waals surface area contributed by atoms with E-state index in [9.17, 15) is 9.59 Å². The van der Waals surface area contributed by atoms with Crippen molar-refractivity contribution in [3.05, 3.63) is 53.6 Å². The zero-order valence-corrected chi connectivity index (χ0v) is 13.6. The van der Waals surface area contributed by atoms with Gasteiger partial charge < -0.3 is 19.5 Å². The Labute approximate surface area is 140 Å². The van der Waals surface area contributed by atoms with E-state index in [1.807, 2.05) is 6.07 Å². The van der Waals surface area contributed by atoms with Crippen LogP contribution in [0.25, 0.3) is 0 Å². The second kappa shape index (κ2) is 8.57. The fourth-order valence-corrected chi connectivity index (χ4v) is 2.03. The van der Waals surface area contributed by atoms with E-state index in [0.717, 1.165) is 11.8 Å². The van der Waals surface area contributed by atoms with Crippen molar-refractivity contribution in [2.45, 2.75) is 6.54 Å². The van der Waals surface area contributed by atoms with Crippen LogP contribution in [-0.4, -0.2) is 33.0 Å². The maximum Gasteiger partial charge on any atom is 0.258 e. The van der Waals surface area contributed by atoms with Crippen LogP contribution in [0.3, 0.4) is 0 Å². The highest BCUT2D eigenvalue weighted by molar-refractivity contribution is 5.77. The van der Waals surface area contributed by atoms with E-state index < -0.39 is 0 Å². The van der Waals surface area contributed by atoms with Crippen LogP contribution in [0, 0.1) is 0 Å². The Hall–Kier alpha value is -3.02. The molecule has 1 N–H and O–H groups in total. The van der Waals surface area contributed by atoms with Crippen LogP contribution in [0.5, 0.6) is 17.2 Å². The predicted molar refractivity (Wildman–Crippen MR) is 88.7 cm³/mol. The molecule has 0 saturated carbocycles. The normalized spacial score (nSPS) is 9.92. The fourth-order valence-electron chi connectivity index (χ4n) is 2.03. The van der Waals surface area contributed by atoms with Crippen molar-refractivity contribution in [1.82, 2.24) is 5.32 Å². The van der Waals surface area contributed by atoms with E-state index in [0.29, 0.717) is 29.4 Å². The predicted octanol–water partition coefficient (Wildman–Crippen LogP) is 2.21. The van der Waals surface area contributed by atoms with Gasteiger partial charge in [-0.1, -0.05) is 6.07 Å². The summed E-state index contributed by atoms with van der Waals surface area (Å²) in [5, 5.41) is 2.76. The Kier molecular flexibility index (Phi) is 6.19. The van der Waals surface area contributed by atoms with Gasteiger partial charge in [0.25, 0.3) is 5.91 Å². The second-order valence-corrected chi connectivity index (χ2v) is 4.94. The quantitative estimate of drug-likeness (QED) is 0.752. The van der Waals surface area contributed by atoms with E-state index in [1.54, 1.807) is 50.6 Å². The Morgan fingerprint density at radius 3 is 2.38 bits per heavy atom. The number of nitrogens with one attached hydrogen (secondary N) is 1. The van der Waals surface area contributed by atoms with Gasteiger partial charge in [-0.25, -0.2) is 0 Å². The second-order valence-electron chi connectivity index (χ2n) is 4.94. The molecular weight excluding hydrogens is 310 g/mol. The molecule has 24 heavy (non-hydrogen) atoms. The van der Waals surface area contributed by atoms with Gasteiger partial charge in [-0.2, -0.15) is 0 Å². The molecule has 0 aromatic heterocycles. The number of carbonyl (C=O) groups is 2. The molecule has 0 atom stereocenters. The lowest BCUT2D eigenvalue weighted by Crippen LogP contribution is -2.28. The van der Waals surface area contributed by atoms with Gasteiger partial charge >= 0.3 is 0 Å². The number of methoxy groups -OCH3 is 2.